The van der Waals surface area contributed by atoms with E-state index in [1.807, 2.05) is 0 Å². The molecule has 0 fully saturated rings. The summed E-state index contributed by atoms with van der Waals surface area (Å²) < 4.78 is 30.9. The van der Waals surface area contributed by atoms with Gasteiger partial charge in [0.1, 0.15) is 23.1 Å². The van der Waals surface area contributed by atoms with Crippen LogP contribution in [0.2, 0.25) is 0 Å². The zero-order chi connectivity index (χ0) is 25.7. The van der Waals surface area contributed by atoms with Gasteiger partial charge in [-0.05, 0) is 60.2 Å². The van der Waals surface area contributed by atoms with Crippen molar-refractivity contribution in [2.24, 2.45) is 0 Å². The fraction of sp³-hybridized carbons (Fsp3) is 0.0741. The van der Waals surface area contributed by atoms with E-state index in [1.165, 1.54) is 26.4 Å². The average molecular weight is 490 g/mol. The highest BCUT2D eigenvalue weighted by Gasteiger charge is 2.17. The molecule has 0 unspecified atom stereocenters. The molecule has 184 valence electrons. The number of anilines is 4. The summed E-state index contributed by atoms with van der Waals surface area (Å²) in [4.78, 5) is 12.7. The van der Waals surface area contributed by atoms with Crippen LogP contribution < -0.4 is 30.7 Å². The van der Waals surface area contributed by atoms with E-state index in [2.05, 4.69) is 10.8 Å². The summed E-state index contributed by atoms with van der Waals surface area (Å²) in [7, 11) is 3.00. The summed E-state index contributed by atoms with van der Waals surface area (Å²) in [6.45, 7) is 0. The first-order valence-electron chi connectivity index (χ1n) is 10.8. The van der Waals surface area contributed by atoms with Gasteiger partial charge < -0.3 is 25.3 Å². The van der Waals surface area contributed by atoms with Crippen LogP contribution in [0.4, 0.5) is 27.1 Å². The van der Waals surface area contributed by atoms with Crippen molar-refractivity contribution < 1.29 is 28.6 Å². The Bertz CT molecular complexity index is 1390. The van der Waals surface area contributed by atoms with Crippen molar-refractivity contribution in [3.05, 3.63) is 90.2 Å². The Morgan fingerprint density at radius 1 is 0.861 bits per heavy atom. The molecular formula is C27H24FN3O5. The summed E-state index contributed by atoms with van der Waals surface area (Å²) in [6.07, 6.45) is 0. The van der Waals surface area contributed by atoms with Crippen LogP contribution in [0.15, 0.2) is 78.9 Å². The van der Waals surface area contributed by atoms with E-state index in [0.717, 1.165) is 11.1 Å². The quantitative estimate of drug-likeness (QED) is 0.105. The Balaban J connectivity index is 1.51. The molecule has 0 aliphatic rings. The Kier molecular flexibility index (Phi) is 7.22. The van der Waals surface area contributed by atoms with Gasteiger partial charge in [-0.2, -0.15) is 0 Å². The Labute approximate surface area is 207 Å². The monoisotopic (exact) mass is 489 g/mol. The van der Waals surface area contributed by atoms with Crippen LogP contribution in [-0.2, 0) is 0 Å². The van der Waals surface area contributed by atoms with Crippen LogP contribution in [0.1, 0.15) is 10.4 Å². The lowest BCUT2D eigenvalue weighted by molar-refractivity contribution is 0.0729. The third-order valence-electron chi connectivity index (χ3n) is 5.40. The summed E-state index contributed by atoms with van der Waals surface area (Å²) in [5, 5.41) is 12.0. The number of nitrogens with one attached hydrogen (secondary N) is 2. The number of ether oxygens (including phenoxy) is 3. The number of carbonyl (C=O) groups is 1. The van der Waals surface area contributed by atoms with Gasteiger partial charge in [0.25, 0.3) is 0 Å². The molecule has 0 radical (unpaired) electrons. The second kappa shape index (κ2) is 10.7. The van der Waals surface area contributed by atoms with Gasteiger partial charge in [0.15, 0.2) is 0 Å². The first-order valence-corrected chi connectivity index (χ1v) is 10.8. The molecule has 0 bridgehead atoms. The highest BCUT2D eigenvalue weighted by Crippen LogP contribution is 2.34. The van der Waals surface area contributed by atoms with E-state index in [0.29, 0.717) is 34.2 Å². The summed E-state index contributed by atoms with van der Waals surface area (Å²) in [5.41, 5.74) is 11.3. The van der Waals surface area contributed by atoms with Crippen molar-refractivity contribution in [3.63, 3.8) is 0 Å². The molecule has 9 heteroatoms. The zero-order valence-corrected chi connectivity index (χ0v) is 19.5. The Morgan fingerprint density at radius 2 is 1.58 bits per heavy atom. The molecule has 0 aromatic heterocycles. The Hall–Kier alpha value is -4.76. The molecule has 5 N–H and O–H groups in total. The van der Waals surface area contributed by atoms with E-state index in [9.17, 15) is 9.18 Å². The standard InChI is InChI=1S/C27H24FN3O5/c1-34-25-15-20(9-11-21(25)16-3-6-18(31-33)7-4-16)36-27(32)22-10-8-19(14-23(22)28)30-24-12-5-17(29)13-26(24)35-2/h3-15,30-31,33H,29H2,1-2H3. The van der Waals surface area contributed by atoms with Gasteiger partial charge in [0.2, 0.25) is 0 Å². The predicted molar refractivity (Wildman–Crippen MR) is 136 cm³/mol. The van der Waals surface area contributed by atoms with Crippen molar-refractivity contribution in [1.29, 1.82) is 0 Å². The number of halogens is 1. The molecule has 36 heavy (non-hydrogen) atoms. The number of benzene rings is 4. The Morgan fingerprint density at radius 3 is 2.25 bits per heavy atom. The van der Waals surface area contributed by atoms with E-state index in [4.69, 9.17) is 25.2 Å². The third-order valence-corrected chi connectivity index (χ3v) is 5.40. The lowest BCUT2D eigenvalue weighted by atomic mass is 10.0. The molecule has 8 nitrogen and oxygen atoms in total. The molecule has 0 saturated carbocycles. The zero-order valence-electron chi connectivity index (χ0n) is 19.5. The molecule has 0 heterocycles. The number of rotatable bonds is 8. The van der Waals surface area contributed by atoms with E-state index in [-0.39, 0.29) is 11.3 Å². The van der Waals surface area contributed by atoms with Gasteiger partial charge in [-0.3, -0.25) is 10.7 Å². The highest BCUT2D eigenvalue weighted by atomic mass is 19.1. The molecule has 0 saturated heterocycles. The maximum Gasteiger partial charge on any atom is 0.346 e. The second-order valence-electron chi connectivity index (χ2n) is 7.72. The summed E-state index contributed by atoms with van der Waals surface area (Å²) >= 11 is 0. The minimum Gasteiger partial charge on any atom is -0.496 e. The fourth-order valence-electron chi connectivity index (χ4n) is 3.58. The number of esters is 1. The molecule has 4 rings (SSSR count). The highest BCUT2D eigenvalue weighted by molar-refractivity contribution is 5.92. The molecule has 4 aromatic carbocycles. The molecular weight excluding hydrogens is 465 g/mol. The van der Waals surface area contributed by atoms with Crippen molar-refractivity contribution in [3.8, 4) is 28.4 Å². The second-order valence-corrected chi connectivity index (χ2v) is 7.72. The molecule has 0 amide bonds. The van der Waals surface area contributed by atoms with Gasteiger partial charge in [0, 0.05) is 29.1 Å². The molecule has 0 aliphatic carbocycles. The van der Waals surface area contributed by atoms with Crippen LogP contribution in [0.3, 0.4) is 0 Å². The first kappa shape index (κ1) is 24.4. The minimum atomic E-state index is -0.850. The normalized spacial score (nSPS) is 10.4. The maximum absolute atomic E-state index is 14.8. The number of hydrogen-bond donors (Lipinski definition) is 4. The maximum atomic E-state index is 14.8. The smallest absolute Gasteiger partial charge is 0.346 e. The van der Waals surface area contributed by atoms with Crippen LogP contribution in [0.5, 0.6) is 17.2 Å². The molecule has 0 spiro atoms. The molecule has 0 aliphatic heterocycles. The average Bonchev–Trinajstić information content (AvgIpc) is 2.89. The van der Waals surface area contributed by atoms with Gasteiger partial charge in [0.05, 0.1) is 31.2 Å². The van der Waals surface area contributed by atoms with Crippen molar-refractivity contribution in [2.75, 3.05) is 30.8 Å². The lowest BCUT2D eigenvalue weighted by Crippen LogP contribution is -2.11. The largest absolute Gasteiger partial charge is 0.496 e. The SMILES string of the molecule is COc1cc(N)ccc1Nc1ccc(C(=O)Oc2ccc(-c3ccc(NO)cc3)c(OC)c2)c(F)c1. The minimum absolute atomic E-state index is 0.197. The van der Waals surface area contributed by atoms with Gasteiger partial charge >= 0.3 is 5.97 Å². The van der Waals surface area contributed by atoms with Crippen LogP contribution in [0, 0.1) is 5.82 Å². The van der Waals surface area contributed by atoms with Crippen LogP contribution in [0.25, 0.3) is 11.1 Å². The topological polar surface area (TPSA) is 115 Å². The fourth-order valence-corrected chi connectivity index (χ4v) is 3.58. The van der Waals surface area contributed by atoms with E-state index < -0.39 is 11.8 Å². The van der Waals surface area contributed by atoms with Gasteiger partial charge in [-0.15, -0.1) is 0 Å². The van der Waals surface area contributed by atoms with E-state index >= 15 is 0 Å². The van der Waals surface area contributed by atoms with Crippen LogP contribution >= 0.6 is 0 Å². The van der Waals surface area contributed by atoms with Crippen LogP contribution in [-0.4, -0.2) is 25.4 Å². The summed E-state index contributed by atoms with van der Waals surface area (Å²) in [5.74, 6) is -0.444. The van der Waals surface area contributed by atoms with Gasteiger partial charge in [-0.1, -0.05) is 12.1 Å². The number of nitrogens with two attached hydrogens (primary N) is 1. The van der Waals surface area contributed by atoms with E-state index in [1.54, 1.807) is 66.7 Å². The number of carbonyl (C=O) groups excluding carboxylic acids is 1. The van der Waals surface area contributed by atoms with Crippen molar-refractivity contribution in [2.45, 2.75) is 0 Å². The number of hydrogen-bond acceptors (Lipinski definition) is 8. The predicted octanol–water partition coefficient (Wildman–Crippen LogP) is 5.86. The third kappa shape index (κ3) is 5.31. The first-order chi connectivity index (χ1) is 17.4. The molecule has 0 atom stereocenters. The molecule has 4 aromatic rings. The number of nitrogen functional groups attached to an aromatic ring is 1. The van der Waals surface area contributed by atoms with Gasteiger partial charge in [-0.25, -0.2) is 9.18 Å². The lowest BCUT2D eigenvalue weighted by Gasteiger charge is -2.13. The van der Waals surface area contributed by atoms with Crippen molar-refractivity contribution in [1.82, 2.24) is 0 Å². The number of methoxy groups -OCH3 is 2. The summed E-state index contributed by atoms with van der Waals surface area (Å²) in [6, 6.07) is 21.0. The van der Waals surface area contributed by atoms with Crippen molar-refractivity contribution >= 4 is 28.7 Å².